The van der Waals surface area contributed by atoms with E-state index in [-0.39, 0.29) is 23.7 Å². The molecule has 4 rings (SSSR count). The van der Waals surface area contributed by atoms with Crippen LogP contribution in [-0.2, 0) is 22.9 Å². The number of carbonyl (C=O) groups is 1. The van der Waals surface area contributed by atoms with Crippen LogP contribution in [0.3, 0.4) is 0 Å². The number of sulfonamides is 1. The number of aliphatic hydroxyl groups is 1. The Morgan fingerprint density at radius 3 is 2.47 bits per heavy atom. The zero-order valence-corrected chi connectivity index (χ0v) is 26.7. The quantitative estimate of drug-likeness (QED) is 0.212. The minimum Gasteiger partial charge on any atom is -0.390 e. The molecule has 10 heteroatoms. The molecule has 1 amide bonds. The molecular weight excluding hydrogens is 584 g/mol. The lowest BCUT2D eigenvalue weighted by molar-refractivity contribution is 0.0814. The van der Waals surface area contributed by atoms with Crippen LogP contribution in [-0.4, -0.2) is 62.5 Å². The number of benzene rings is 3. The molecule has 4 N–H and O–H groups in total. The van der Waals surface area contributed by atoms with Crippen molar-refractivity contribution in [2.75, 3.05) is 35.0 Å². The van der Waals surface area contributed by atoms with E-state index in [4.69, 9.17) is 11.6 Å². The molecule has 3 aromatic rings. The van der Waals surface area contributed by atoms with Gasteiger partial charge in [-0.15, -0.1) is 0 Å². The lowest BCUT2D eigenvalue weighted by Crippen LogP contribution is -2.52. The Morgan fingerprint density at radius 2 is 1.77 bits per heavy atom. The van der Waals surface area contributed by atoms with Crippen LogP contribution in [0.4, 0.5) is 11.4 Å². The van der Waals surface area contributed by atoms with Crippen molar-refractivity contribution in [1.82, 2.24) is 10.6 Å². The third-order valence-electron chi connectivity index (χ3n) is 7.60. The Bertz CT molecular complexity index is 1480. The minimum absolute atomic E-state index is 0.0893. The molecule has 1 aliphatic heterocycles. The first-order valence-corrected chi connectivity index (χ1v) is 16.9. The van der Waals surface area contributed by atoms with E-state index in [1.165, 1.54) is 4.31 Å². The second-order valence-electron chi connectivity index (χ2n) is 11.8. The fourth-order valence-electron chi connectivity index (χ4n) is 5.42. The van der Waals surface area contributed by atoms with Crippen LogP contribution in [0.1, 0.15) is 55.1 Å². The largest absolute Gasteiger partial charge is 0.390 e. The smallest absolute Gasteiger partial charge is 0.251 e. The van der Waals surface area contributed by atoms with Crippen molar-refractivity contribution in [2.45, 2.75) is 64.1 Å². The van der Waals surface area contributed by atoms with Crippen molar-refractivity contribution in [3.63, 3.8) is 0 Å². The SMILES string of the molecule is CCNc1cc(C(=O)N[C@@H](Cc2ccccc2)[C@H](O)CNC(C)(C)Cc2cccc(Cl)c2)cc(N2CCCCS2(=O)=O)c1. The second-order valence-corrected chi connectivity index (χ2v) is 14.3. The molecule has 1 saturated heterocycles. The molecule has 0 unspecified atom stereocenters. The summed E-state index contributed by atoms with van der Waals surface area (Å²) in [5.41, 5.74) is 3.17. The number of carbonyl (C=O) groups excluding carboxylic acids is 1. The van der Waals surface area contributed by atoms with E-state index in [2.05, 4.69) is 29.8 Å². The van der Waals surface area contributed by atoms with E-state index in [1.54, 1.807) is 18.2 Å². The summed E-state index contributed by atoms with van der Waals surface area (Å²) in [6, 6.07) is 21.9. The number of hydrogen-bond acceptors (Lipinski definition) is 6. The molecule has 0 bridgehead atoms. The van der Waals surface area contributed by atoms with Crippen molar-refractivity contribution in [1.29, 1.82) is 0 Å². The normalized spacial score (nSPS) is 16.3. The molecular formula is C33H43ClN4O4S. The average molecular weight is 627 g/mol. The molecule has 0 aliphatic carbocycles. The Labute approximate surface area is 260 Å². The number of nitrogens with zero attached hydrogens (tertiary/aromatic N) is 1. The Balaban J connectivity index is 1.54. The number of rotatable bonds is 13. The number of β-amino-alcohol motifs (C(OH)–C–C–N with tert-alkyl or cyclic N) is 1. The fraction of sp³-hybridized carbons (Fsp3) is 0.424. The fourth-order valence-corrected chi connectivity index (χ4v) is 7.25. The molecule has 232 valence electrons. The molecule has 0 saturated carbocycles. The molecule has 0 radical (unpaired) electrons. The predicted octanol–water partition coefficient (Wildman–Crippen LogP) is 5.01. The number of anilines is 2. The highest BCUT2D eigenvalue weighted by atomic mass is 35.5. The topological polar surface area (TPSA) is 111 Å². The Morgan fingerprint density at radius 1 is 1.02 bits per heavy atom. The Kier molecular flexibility index (Phi) is 11.1. The van der Waals surface area contributed by atoms with Gasteiger partial charge in [0.15, 0.2) is 0 Å². The first kappa shape index (κ1) is 32.8. The molecule has 0 spiro atoms. The number of hydrogen-bond donors (Lipinski definition) is 4. The number of aliphatic hydroxyl groups excluding tert-OH is 1. The van der Waals surface area contributed by atoms with E-state index in [0.717, 1.165) is 17.5 Å². The zero-order valence-electron chi connectivity index (χ0n) is 25.1. The van der Waals surface area contributed by atoms with Gasteiger partial charge in [0, 0.05) is 41.4 Å². The van der Waals surface area contributed by atoms with Gasteiger partial charge in [0.25, 0.3) is 5.91 Å². The number of amides is 1. The maximum Gasteiger partial charge on any atom is 0.251 e. The standard InChI is InChI=1S/C33H43ClN4O4S/c1-4-35-28-19-26(20-29(21-28)38-15-8-9-16-43(38,41)42)32(40)37-30(18-24-11-6-5-7-12-24)31(39)23-36-33(2,3)22-25-13-10-14-27(34)17-25/h5-7,10-14,17,19-21,30-31,35-36,39H,4,8-9,15-16,18,22-23H2,1-3H3,(H,37,40)/t30-,31+/m0/s1. The summed E-state index contributed by atoms with van der Waals surface area (Å²) < 4.78 is 27.1. The van der Waals surface area contributed by atoms with Crippen molar-refractivity contribution >= 4 is 38.9 Å². The van der Waals surface area contributed by atoms with E-state index >= 15 is 0 Å². The first-order valence-electron chi connectivity index (χ1n) is 14.9. The third kappa shape index (κ3) is 9.44. The van der Waals surface area contributed by atoms with Gasteiger partial charge in [-0.2, -0.15) is 0 Å². The lowest BCUT2D eigenvalue weighted by atomic mass is 9.94. The molecule has 2 atom stereocenters. The van der Waals surface area contributed by atoms with Crippen molar-refractivity contribution in [2.24, 2.45) is 0 Å². The van der Waals surface area contributed by atoms with Crippen LogP contribution in [0.2, 0.25) is 5.02 Å². The number of nitrogens with one attached hydrogen (secondary N) is 3. The summed E-state index contributed by atoms with van der Waals surface area (Å²) in [7, 11) is -3.46. The van der Waals surface area contributed by atoms with Gasteiger partial charge in [0.05, 0.1) is 23.6 Å². The van der Waals surface area contributed by atoms with E-state index < -0.39 is 22.2 Å². The van der Waals surface area contributed by atoms with Gasteiger partial charge >= 0.3 is 0 Å². The van der Waals surface area contributed by atoms with Crippen LogP contribution >= 0.6 is 11.6 Å². The summed E-state index contributed by atoms with van der Waals surface area (Å²) in [4.78, 5) is 13.7. The monoisotopic (exact) mass is 626 g/mol. The van der Waals surface area contributed by atoms with Gasteiger partial charge in [0.1, 0.15) is 0 Å². The van der Waals surface area contributed by atoms with E-state index in [0.29, 0.717) is 54.3 Å². The van der Waals surface area contributed by atoms with Crippen LogP contribution in [0.25, 0.3) is 0 Å². The first-order chi connectivity index (χ1) is 20.5. The summed E-state index contributed by atoms with van der Waals surface area (Å²) in [6.07, 6.45) is 1.61. The van der Waals surface area contributed by atoms with Crippen LogP contribution in [0.15, 0.2) is 72.8 Å². The molecule has 1 aliphatic rings. The highest BCUT2D eigenvalue weighted by Crippen LogP contribution is 2.28. The van der Waals surface area contributed by atoms with Crippen LogP contribution in [0.5, 0.6) is 0 Å². The van der Waals surface area contributed by atoms with Gasteiger partial charge in [0.2, 0.25) is 10.0 Å². The molecule has 3 aromatic carbocycles. The molecule has 0 aromatic heterocycles. The highest BCUT2D eigenvalue weighted by molar-refractivity contribution is 7.92. The second kappa shape index (κ2) is 14.6. The predicted molar refractivity (Wildman–Crippen MR) is 176 cm³/mol. The Hall–Kier alpha value is -3.11. The van der Waals surface area contributed by atoms with Crippen molar-refractivity contribution in [3.05, 3.63) is 94.5 Å². The summed E-state index contributed by atoms with van der Waals surface area (Å²) in [6.45, 7) is 7.31. The lowest BCUT2D eigenvalue weighted by Gasteiger charge is -2.31. The third-order valence-corrected chi connectivity index (χ3v) is 9.71. The average Bonchev–Trinajstić information content (AvgIpc) is 2.95. The molecule has 1 fully saturated rings. The maximum atomic E-state index is 13.7. The summed E-state index contributed by atoms with van der Waals surface area (Å²) in [5, 5.41) is 21.8. The summed E-state index contributed by atoms with van der Waals surface area (Å²) >= 11 is 6.18. The van der Waals surface area contributed by atoms with Crippen molar-refractivity contribution < 1.29 is 18.3 Å². The van der Waals surface area contributed by atoms with E-state index in [9.17, 15) is 18.3 Å². The van der Waals surface area contributed by atoms with Gasteiger partial charge in [-0.1, -0.05) is 54.1 Å². The van der Waals surface area contributed by atoms with Crippen molar-refractivity contribution in [3.8, 4) is 0 Å². The van der Waals surface area contributed by atoms with Gasteiger partial charge in [-0.25, -0.2) is 8.42 Å². The molecule has 43 heavy (non-hydrogen) atoms. The molecule has 1 heterocycles. The molecule has 8 nitrogen and oxygen atoms in total. The maximum absolute atomic E-state index is 13.7. The summed E-state index contributed by atoms with van der Waals surface area (Å²) in [5.74, 6) is -0.292. The van der Waals surface area contributed by atoms with Gasteiger partial charge in [-0.3, -0.25) is 9.10 Å². The highest BCUT2D eigenvalue weighted by Gasteiger charge is 2.29. The van der Waals surface area contributed by atoms with Gasteiger partial charge < -0.3 is 21.1 Å². The van der Waals surface area contributed by atoms with Crippen LogP contribution in [0, 0.1) is 0 Å². The zero-order chi connectivity index (χ0) is 31.0. The van der Waals surface area contributed by atoms with E-state index in [1.807, 2.05) is 61.5 Å². The number of halogens is 1. The van der Waals surface area contributed by atoms with Crippen LogP contribution < -0.4 is 20.3 Å². The van der Waals surface area contributed by atoms with Gasteiger partial charge in [-0.05, 0) is 87.9 Å². The minimum atomic E-state index is -3.46.